The summed E-state index contributed by atoms with van der Waals surface area (Å²) in [7, 11) is 0. The fourth-order valence-electron chi connectivity index (χ4n) is 3.11. The van der Waals surface area contributed by atoms with Gasteiger partial charge < -0.3 is 16.2 Å². The molecule has 3 aromatic rings. The van der Waals surface area contributed by atoms with Crippen LogP contribution in [-0.2, 0) is 6.54 Å². The Balaban J connectivity index is 2.05. The van der Waals surface area contributed by atoms with Gasteiger partial charge in [0.05, 0.1) is 11.3 Å². The average molecular weight is 337 g/mol. The van der Waals surface area contributed by atoms with Gasteiger partial charge in [0.1, 0.15) is 10.8 Å². The maximum absolute atomic E-state index is 12.3. The molecule has 2 heterocycles. The molecule has 0 spiro atoms. The fraction of sp³-hybridized carbons (Fsp3) is 0.111. The second-order valence-corrected chi connectivity index (χ2v) is 6.65. The summed E-state index contributed by atoms with van der Waals surface area (Å²) in [5.74, 6) is -0.00397. The number of thiazole rings is 1. The number of hydrogen-bond acceptors (Lipinski definition) is 5. The van der Waals surface area contributed by atoms with E-state index in [4.69, 9.17) is 5.73 Å². The summed E-state index contributed by atoms with van der Waals surface area (Å²) in [4.78, 5) is 16.7. The molecule has 2 aromatic carbocycles. The molecule has 5 nitrogen and oxygen atoms in total. The highest BCUT2D eigenvalue weighted by Gasteiger charge is 2.28. The zero-order valence-electron chi connectivity index (χ0n) is 13.0. The number of phenolic OH excluding ortho intramolecular Hbond substituents is 1. The third-order valence-electron chi connectivity index (χ3n) is 4.30. The van der Waals surface area contributed by atoms with Crippen LogP contribution in [0.3, 0.4) is 0 Å². The number of amides is 1. The summed E-state index contributed by atoms with van der Waals surface area (Å²) in [6, 6.07) is 7.11. The van der Waals surface area contributed by atoms with E-state index in [2.05, 4.69) is 10.3 Å². The molecule has 0 radical (unpaired) electrons. The minimum Gasteiger partial charge on any atom is -0.508 e. The standard InChI is InChI=1S/C18H15N3O2S/c1-9-2-3-10(22)6-11(9)12-7-13(18-20-4-5-24-18)14-8-21-17(23)15(14)16(12)19/h2-7,22H,8,19H2,1H3,(H,21,23). The van der Waals surface area contributed by atoms with E-state index in [0.29, 0.717) is 17.8 Å². The number of rotatable bonds is 2. The van der Waals surface area contributed by atoms with Crippen LogP contribution in [0.1, 0.15) is 21.5 Å². The van der Waals surface area contributed by atoms with Crippen molar-refractivity contribution in [1.82, 2.24) is 10.3 Å². The molecule has 0 atom stereocenters. The molecule has 0 unspecified atom stereocenters. The van der Waals surface area contributed by atoms with Gasteiger partial charge in [0.2, 0.25) is 0 Å². The zero-order valence-corrected chi connectivity index (χ0v) is 13.8. The van der Waals surface area contributed by atoms with Crippen molar-refractivity contribution in [3.05, 3.63) is 52.5 Å². The SMILES string of the molecule is Cc1ccc(O)cc1-c1cc(-c2nccs2)c2c(c1N)C(=O)NC2. The molecule has 24 heavy (non-hydrogen) atoms. The topological polar surface area (TPSA) is 88.2 Å². The van der Waals surface area contributed by atoms with Gasteiger partial charge in [-0.3, -0.25) is 4.79 Å². The molecule has 0 fully saturated rings. The number of phenols is 1. The first-order valence-corrected chi connectivity index (χ1v) is 8.37. The number of carbonyl (C=O) groups excluding carboxylic acids is 1. The molecule has 6 heteroatoms. The van der Waals surface area contributed by atoms with Crippen LogP contribution < -0.4 is 11.1 Å². The number of aromatic hydroxyl groups is 1. The summed E-state index contributed by atoms with van der Waals surface area (Å²) in [6.45, 7) is 2.40. The van der Waals surface area contributed by atoms with Gasteiger partial charge in [-0.05, 0) is 41.8 Å². The average Bonchev–Trinajstić information content (AvgIpc) is 3.21. The van der Waals surface area contributed by atoms with Crippen molar-refractivity contribution in [3.8, 4) is 27.4 Å². The smallest absolute Gasteiger partial charge is 0.254 e. The number of nitrogens with two attached hydrogens (primary N) is 1. The Bertz CT molecular complexity index is 965. The van der Waals surface area contributed by atoms with Crippen molar-refractivity contribution in [2.45, 2.75) is 13.5 Å². The largest absolute Gasteiger partial charge is 0.508 e. The van der Waals surface area contributed by atoms with Crippen LogP contribution in [0, 0.1) is 6.92 Å². The van der Waals surface area contributed by atoms with Gasteiger partial charge in [0, 0.05) is 29.2 Å². The summed E-state index contributed by atoms with van der Waals surface area (Å²) in [5, 5.41) is 15.5. The Kier molecular flexibility index (Phi) is 3.28. The van der Waals surface area contributed by atoms with Crippen molar-refractivity contribution in [1.29, 1.82) is 0 Å². The van der Waals surface area contributed by atoms with Gasteiger partial charge in [-0.15, -0.1) is 11.3 Å². The van der Waals surface area contributed by atoms with Crippen LogP contribution >= 0.6 is 11.3 Å². The molecular formula is C18H15N3O2S. The van der Waals surface area contributed by atoms with Crippen molar-refractivity contribution in [3.63, 3.8) is 0 Å². The second kappa shape index (κ2) is 5.35. The summed E-state index contributed by atoms with van der Waals surface area (Å²) in [5.41, 5.74) is 11.6. The van der Waals surface area contributed by atoms with E-state index in [1.54, 1.807) is 18.3 Å². The van der Waals surface area contributed by atoms with Gasteiger partial charge in [-0.1, -0.05) is 6.07 Å². The zero-order chi connectivity index (χ0) is 16.8. The number of carbonyl (C=O) groups is 1. The van der Waals surface area contributed by atoms with Gasteiger partial charge in [0.25, 0.3) is 5.91 Å². The molecule has 0 bridgehead atoms. The Morgan fingerprint density at radius 1 is 1.25 bits per heavy atom. The van der Waals surface area contributed by atoms with Crippen molar-refractivity contribution in [2.24, 2.45) is 0 Å². The van der Waals surface area contributed by atoms with Gasteiger partial charge in [-0.2, -0.15) is 0 Å². The van der Waals surface area contributed by atoms with E-state index < -0.39 is 0 Å². The summed E-state index contributed by atoms with van der Waals surface area (Å²) >= 11 is 1.52. The van der Waals surface area contributed by atoms with Crippen LogP contribution in [0.4, 0.5) is 5.69 Å². The third kappa shape index (κ3) is 2.15. The van der Waals surface area contributed by atoms with E-state index in [0.717, 1.165) is 32.8 Å². The minimum absolute atomic E-state index is 0.163. The van der Waals surface area contributed by atoms with Crippen molar-refractivity contribution in [2.75, 3.05) is 5.73 Å². The van der Waals surface area contributed by atoms with Crippen molar-refractivity contribution >= 4 is 22.9 Å². The normalized spacial score (nSPS) is 13.0. The molecule has 1 aliphatic heterocycles. The highest BCUT2D eigenvalue weighted by molar-refractivity contribution is 7.13. The molecule has 0 aliphatic carbocycles. The lowest BCUT2D eigenvalue weighted by Gasteiger charge is -2.15. The highest BCUT2D eigenvalue weighted by Crippen LogP contribution is 2.41. The van der Waals surface area contributed by atoms with Gasteiger partial charge in [-0.25, -0.2) is 4.98 Å². The first-order valence-electron chi connectivity index (χ1n) is 7.49. The molecule has 1 aliphatic rings. The first-order chi connectivity index (χ1) is 11.6. The second-order valence-electron chi connectivity index (χ2n) is 5.76. The predicted octanol–water partition coefficient (Wildman–Crippen LogP) is 3.32. The molecule has 0 saturated heterocycles. The maximum atomic E-state index is 12.3. The first kappa shape index (κ1) is 14.7. The van der Waals surface area contributed by atoms with E-state index in [9.17, 15) is 9.90 Å². The summed E-state index contributed by atoms with van der Waals surface area (Å²) < 4.78 is 0. The van der Waals surface area contributed by atoms with Gasteiger partial charge >= 0.3 is 0 Å². The number of aromatic nitrogens is 1. The predicted molar refractivity (Wildman–Crippen MR) is 95.0 cm³/mol. The quantitative estimate of drug-likeness (QED) is 0.626. The van der Waals surface area contributed by atoms with E-state index in [1.165, 1.54) is 11.3 Å². The monoisotopic (exact) mass is 337 g/mol. The lowest BCUT2D eigenvalue weighted by atomic mass is 9.91. The number of nitrogens with one attached hydrogen (secondary N) is 1. The lowest BCUT2D eigenvalue weighted by Crippen LogP contribution is -2.13. The Morgan fingerprint density at radius 3 is 2.83 bits per heavy atom. The number of hydrogen-bond donors (Lipinski definition) is 3. The molecule has 4 rings (SSSR count). The number of anilines is 1. The molecule has 1 amide bonds. The minimum atomic E-state index is -0.167. The number of benzene rings is 2. The highest BCUT2D eigenvalue weighted by atomic mass is 32.1. The van der Waals surface area contributed by atoms with Crippen LogP contribution in [0.25, 0.3) is 21.7 Å². The Morgan fingerprint density at radius 2 is 2.08 bits per heavy atom. The number of nitrogen functional groups attached to an aromatic ring is 1. The molecule has 4 N–H and O–H groups in total. The van der Waals surface area contributed by atoms with E-state index in [-0.39, 0.29) is 11.7 Å². The molecule has 1 aromatic heterocycles. The molecule has 120 valence electrons. The number of aryl methyl sites for hydroxylation is 1. The Labute approximate surface area is 142 Å². The van der Waals surface area contributed by atoms with Gasteiger partial charge in [0.15, 0.2) is 0 Å². The Hall–Kier alpha value is -2.86. The van der Waals surface area contributed by atoms with Crippen LogP contribution in [-0.4, -0.2) is 16.0 Å². The molecule has 0 saturated carbocycles. The van der Waals surface area contributed by atoms with Crippen LogP contribution in [0.2, 0.25) is 0 Å². The van der Waals surface area contributed by atoms with Crippen molar-refractivity contribution < 1.29 is 9.90 Å². The fourth-order valence-corrected chi connectivity index (χ4v) is 3.79. The van der Waals surface area contributed by atoms with E-state index in [1.807, 2.05) is 24.4 Å². The molecular weight excluding hydrogens is 322 g/mol. The lowest BCUT2D eigenvalue weighted by molar-refractivity contribution is 0.0966. The summed E-state index contributed by atoms with van der Waals surface area (Å²) in [6.07, 6.45) is 1.74. The van der Waals surface area contributed by atoms with Crippen LogP contribution in [0.5, 0.6) is 5.75 Å². The maximum Gasteiger partial charge on any atom is 0.254 e. The number of nitrogens with zero attached hydrogens (tertiary/aromatic N) is 1. The third-order valence-corrected chi connectivity index (χ3v) is 5.11. The van der Waals surface area contributed by atoms with Crippen LogP contribution in [0.15, 0.2) is 35.8 Å². The number of fused-ring (bicyclic) bond motifs is 1. The van der Waals surface area contributed by atoms with E-state index >= 15 is 0 Å².